The summed E-state index contributed by atoms with van der Waals surface area (Å²) in [4.78, 5) is 0. The number of amidine groups is 1. The first-order chi connectivity index (χ1) is 10.7. The SMILES string of the molecule is COc1ccccc1OCC(CC1CCCCC(=N)N1)OC. The van der Waals surface area contributed by atoms with Crippen LogP contribution in [0.2, 0.25) is 0 Å². The summed E-state index contributed by atoms with van der Waals surface area (Å²) in [6, 6.07) is 7.91. The molecule has 5 heteroatoms. The molecule has 0 amide bonds. The zero-order valence-electron chi connectivity index (χ0n) is 13.4. The molecule has 1 fully saturated rings. The van der Waals surface area contributed by atoms with E-state index in [4.69, 9.17) is 19.6 Å². The van der Waals surface area contributed by atoms with Crippen LogP contribution in [-0.2, 0) is 4.74 Å². The molecule has 0 spiro atoms. The van der Waals surface area contributed by atoms with Gasteiger partial charge in [-0.15, -0.1) is 0 Å². The van der Waals surface area contributed by atoms with Crippen LogP contribution < -0.4 is 14.8 Å². The van der Waals surface area contributed by atoms with Gasteiger partial charge in [0.25, 0.3) is 0 Å². The van der Waals surface area contributed by atoms with E-state index in [2.05, 4.69) is 5.32 Å². The lowest BCUT2D eigenvalue weighted by Gasteiger charge is -2.23. The van der Waals surface area contributed by atoms with Crippen molar-refractivity contribution in [2.75, 3.05) is 20.8 Å². The van der Waals surface area contributed by atoms with Crippen LogP contribution in [0.4, 0.5) is 0 Å². The van der Waals surface area contributed by atoms with Crippen LogP contribution in [0.25, 0.3) is 0 Å². The van der Waals surface area contributed by atoms with Gasteiger partial charge in [0.15, 0.2) is 11.5 Å². The number of para-hydroxylation sites is 2. The fourth-order valence-corrected chi connectivity index (χ4v) is 2.73. The second kappa shape index (κ2) is 8.63. The van der Waals surface area contributed by atoms with Crippen LogP contribution in [0, 0.1) is 5.41 Å². The average Bonchev–Trinajstić information content (AvgIpc) is 2.75. The summed E-state index contributed by atoms with van der Waals surface area (Å²) in [7, 11) is 3.34. The highest BCUT2D eigenvalue weighted by Gasteiger charge is 2.20. The molecule has 1 heterocycles. The molecule has 22 heavy (non-hydrogen) atoms. The normalized spacial score (nSPS) is 19.9. The minimum Gasteiger partial charge on any atom is -0.493 e. The quantitative estimate of drug-likeness (QED) is 0.813. The Morgan fingerprint density at radius 3 is 2.73 bits per heavy atom. The second-order valence-corrected chi connectivity index (χ2v) is 5.62. The molecule has 0 aliphatic carbocycles. The van der Waals surface area contributed by atoms with E-state index in [1.807, 2.05) is 24.3 Å². The van der Waals surface area contributed by atoms with E-state index < -0.39 is 0 Å². The maximum Gasteiger partial charge on any atom is 0.161 e. The van der Waals surface area contributed by atoms with Crippen molar-refractivity contribution in [3.05, 3.63) is 24.3 Å². The van der Waals surface area contributed by atoms with Crippen LogP contribution in [0.1, 0.15) is 32.1 Å². The molecule has 2 atom stereocenters. The Labute approximate surface area is 132 Å². The maximum absolute atomic E-state index is 7.85. The lowest BCUT2D eigenvalue weighted by atomic mass is 10.0. The van der Waals surface area contributed by atoms with Crippen LogP contribution in [-0.4, -0.2) is 38.8 Å². The van der Waals surface area contributed by atoms with Gasteiger partial charge >= 0.3 is 0 Å². The first kappa shape index (κ1) is 16.6. The van der Waals surface area contributed by atoms with Gasteiger partial charge in [-0.1, -0.05) is 18.6 Å². The van der Waals surface area contributed by atoms with Gasteiger partial charge in [0.2, 0.25) is 0 Å². The van der Waals surface area contributed by atoms with Crippen molar-refractivity contribution in [2.24, 2.45) is 0 Å². The highest BCUT2D eigenvalue weighted by atomic mass is 16.5. The fourth-order valence-electron chi connectivity index (χ4n) is 2.73. The Morgan fingerprint density at radius 2 is 2.00 bits per heavy atom. The van der Waals surface area contributed by atoms with Crippen molar-refractivity contribution in [1.29, 1.82) is 5.41 Å². The maximum atomic E-state index is 7.85. The Hall–Kier alpha value is -1.75. The van der Waals surface area contributed by atoms with E-state index in [0.29, 0.717) is 18.5 Å². The van der Waals surface area contributed by atoms with E-state index in [-0.39, 0.29) is 6.10 Å². The predicted octanol–water partition coefficient (Wildman–Crippen LogP) is 2.99. The summed E-state index contributed by atoms with van der Waals surface area (Å²) >= 11 is 0. The van der Waals surface area contributed by atoms with E-state index in [0.717, 1.165) is 43.6 Å². The number of ether oxygens (including phenoxy) is 3. The molecule has 2 unspecified atom stereocenters. The summed E-state index contributed by atoms with van der Waals surface area (Å²) < 4.78 is 16.7. The molecule has 0 aromatic heterocycles. The monoisotopic (exact) mass is 306 g/mol. The van der Waals surface area contributed by atoms with Crippen molar-refractivity contribution in [1.82, 2.24) is 5.32 Å². The minimum atomic E-state index is -0.00619. The summed E-state index contributed by atoms with van der Waals surface area (Å²) in [6.07, 6.45) is 5.02. The van der Waals surface area contributed by atoms with E-state index in [1.54, 1.807) is 14.2 Å². The second-order valence-electron chi connectivity index (χ2n) is 5.62. The van der Waals surface area contributed by atoms with E-state index in [9.17, 15) is 0 Å². The molecule has 2 rings (SSSR count). The molecular formula is C17H26N2O3. The van der Waals surface area contributed by atoms with Gasteiger partial charge in [0, 0.05) is 19.6 Å². The average molecular weight is 306 g/mol. The van der Waals surface area contributed by atoms with Crippen LogP contribution in [0.15, 0.2) is 24.3 Å². The molecular weight excluding hydrogens is 280 g/mol. The van der Waals surface area contributed by atoms with Crippen LogP contribution in [0.3, 0.4) is 0 Å². The first-order valence-corrected chi connectivity index (χ1v) is 7.85. The van der Waals surface area contributed by atoms with Gasteiger partial charge in [0.1, 0.15) is 6.61 Å². The molecule has 0 saturated carbocycles. The highest BCUT2D eigenvalue weighted by molar-refractivity contribution is 5.79. The summed E-state index contributed by atoms with van der Waals surface area (Å²) in [6.45, 7) is 0.475. The molecule has 1 aromatic carbocycles. The largest absolute Gasteiger partial charge is 0.493 e. The van der Waals surface area contributed by atoms with Gasteiger partial charge in [-0.2, -0.15) is 0 Å². The molecule has 1 aliphatic rings. The molecule has 1 saturated heterocycles. The Kier molecular flexibility index (Phi) is 6.52. The zero-order valence-corrected chi connectivity index (χ0v) is 13.4. The summed E-state index contributed by atoms with van der Waals surface area (Å²) in [5.41, 5.74) is 0. The lowest BCUT2D eigenvalue weighted by molar-refractivity contribution is 0.0445. The topological polar surface area (TPSA) is 63.6 Å². The fraction of sp³-hybridized carbons (Fsp3) is 0.588. The third kappa shape index (κ3) is 4.91. The molecule has 1 aliphatic heterocycles. The van der Waals surface area contributed by atoms with Gasteiger partial charge in [-0.25, -0.2) is 0 Å². The number of rotatable bonds is 7. The molecule has 0 radical (unpaired) electrons. The first-order valence-electron chi connectivity index (χ1n) is 7.85. The lowest BCUT2D eigenvalue weighted by Crippen LogP contribution is -2.37. The minimum absolute atomic E-state index is 0.00619. The van der Waals surface area contributed by atoms with Crippen molar-refractivity contribution in [3.63, 3.8) is 0 Å². The highest BCUT2D eigenvalue weighted by Crippen LogP contribution is 2.26. The number of benzene rings is 1. The molecule has 1 aromatic rings. The Bertz CT molecular complexity index is 479. The summed E-state index contributed by atoms with van der Waals surface area (Å²) in [5, 5.41) is 11.1. The third-order valence-corrected chi connectivity index (χ3v) is 3.98. The smallest absolute Gasteiger partial charge is 0.161 e. The van der Waals surface area contributed by atoms with Gasteiger partial charge in [0.05, 0.1) is 19.0 Å². The van der Waals surface area contributed by atoms with Crippen LogP contribution in [0.5, 0.6) is 11.5 Å². The van der Waals surface area contributed by atoms with Crippen LogP contribution >= 0.6 is 0 Å². The number of hydrogen-bond acceptors (Lipinski definition) is 4. The molecule has 122 valence electrons. The number of methoxy groups -OCH3 is 2. The van der Waals surface area contributed by atoms with Gasteiger partial charge < -0.3 is 19.5 Å². The third-order valence-electron chi connectivity index (χ3n) is 3.98. The van der Waals surface area contributed by atoms with Crippen molar-refractivity contribution < 1.29 is 14.2 Å². The standard InChI is InChI=1S/C17H26N2O3/c1-20-14(11-13-7-3-6-10-17(18)19-13)12-22-16-9-5-4-8-15(16)21-2/h4-5,8-9,13-14H,3,6-7,10-12H2,1-2H3,(H2,18,19). The van der Waals surface area contributed by atoms with Gasteiger partial charge in [-0.3, -0.25) is 5.41 Å². The van der Waals surface area contributed by atoms with E-state index >= 15 is 0 Å². The molecule has 5 nitrogen and oxygen atoms in total. The van der Waals surface area contributed by atoms with Crippen molar-refractivity contribution >= 4 is 5.84 Å². The van der Waals surface area contributed by atoms with Crippen molar-refractivity contribution in [2.45, 2.75) is 44.2 Å². The predicted molar refractivity (Wildman–Crippen MR) is 87.0 cm³/mol. The van der Waals surface area contributed by atoms with Gasteiger partial charge in [-0.05, 0) is 31.4 Å². The molecule has 0 bridgehead atoms. The summed E-state index contributed by atoms with van der Waals surface area (Å²) in [5.74, 6) is 2.10. The zero-order chi connectivity index (χ0) is 15.8. The Morgan fingerprint density at radius 1 is 1.23 bits per heavy atom. The van der Waals surface area contributed by atoms with Crippen molar-refractivity contribution in [3.8, 4) is 11.5 Å². The Balaban J connectivity index is 1.87. The number of nitrogens with one attached hydrogen (secondary N) is 2. The number of hydrogen-bond donors (Lipinski definition) is 2. The van der Waals surface area contributed by atoms with E-state index in [1.165, 1.54) is 0 Å². The molecule has 2 N–H and O–H groups in total.